The largest absolute Gasteiger partial charge is 0.326 e. The molecule has 2 nitrogen and oxygen atoms in total. The van der Waals surface area contributed by atoms with Gasteiger partial charge in [0.05, 0.1) is 0 Å². The maximum atomic E-state index is 11.1. The summed E-state index contributed by atoms with van der Waals surface area (Å²) in [5.41, 5.74) is 2.23. The van der Waals surface area contributed by atoms with Gasteiger partial charge in [0, 0.05) is 12.1 Å². The monoisotopic (exact) mass is 175 g/mol. The Morgan fingerprint density at radius 2 is 2.08 bits per heavy atom. The van der Waals surface area contributed by atoms with Crippen molar-refractivity contribution in [3.8, 4) is 0 Å². The van der Waals surface area contributed by atoms with Crippen LogP contribution in [0, 0.1) is 5.92 Å². The van der Waals surface area contributed by atoms with E-state index in [9.17, 15) is 4.79 Å². The number of nitrogens with one attached hydrogen (secondary N) is 1. The maximum absolute atomic E-state index is 11.1. The van der Waals surface area contributed by atoms with Crippen molar-refractivity contribution in [1.29, 1.82) is 0 Å². The Bertz CT molecular complexity index is 323. The van der Waals surface area contributed by atoms with Gasteiger partial charge in [0.15, 0.2) is 0 Å². The molecule has 1 heterocycles. The van der Waals surface area contributed by atoms with Crippen LogP contribution in [0.3, 0.4) is 0 Å². The van der Waals surface area contributed by atoms with Crippen molar-refractivity contribution in [3.63, 3.8) is 0 Å². The van der Waals surface area contributed by atoms with Crippen molar-refractivity contribution in [1.82, 2.24) is 5.32 Å². The first kappa shape index (κ1) is 8.30. The van der Waals surface area contributed by atoms with Crippen LogP contribution in [0.4, 0.5) is 0 Å². The summed E-state index contributed by atoms with van der Waals surface area (Å²) in [6.07, 6.45) is 9.89. The fraction of sp³-hybridized carbons (Fsp3) is 0.364. The summed E-state index contributed by atoms with van der Waals surface area (Å²) < 4.78 is 0. The summed E-state index contributed by atoms with van der Waals surface area (Å²) in [6, 6.07) is 0. The molecule has 0 aromatic rings. The number of hydrogen-bond donors (Lipinski definition) is 1. The van der Waals surface area contributed by atoms with Crippen LogP contribution in [0.15, 0.2) is 35.6 Å². The second-order valence-electron chi connectivity index (χ2n) is 3.56. The normalized spacial score (nSPS) is 26.8. The predicted molar refractivity (Wildman–Crippen MR) is 51.8 cm³/mol. The second kappa shape index (κ2) is 3.21. The first-order chi connectivity index (χ1) is 6.25. The van der Waals surface area contributed by atoms with Crippen LogP contribution in [0.2, 0.25) is 0 Å². The van der Waals surface area contributed by atoms with Gasteiger partial charge >= 0.3 is 0 Å². The first-order valence-corrected chi connectivity index (χ1v) is 4.65. The summed E-state index contributed by atoms with van der Waals surface area (Å²) in [5, 5.41) is 2.88. The highest BCUT2D eigenvalue weighted by Gasteiger charge is 2.15. The third kappa shape index (κ3) is 1.72. The van der Waals surface area contributed by atoms with Gasteiger partial charge in [-0.1, -0.05) is 25.2 Å². The zero-order chi connectivity index (χ0) is 9.26. The second-order valence-corrected chi connectivity index (χ2v) is 3.56. The van der Waals surface area contributed by atoms with Gasteiger partial charge in [0.25, 0.3) is 0 Å². The SMILES string of the molecule is CC1C=CC2=C(C=C1)NC(=O)CC2. The van der Waals surface area contributed by atoms with Crippen molar-refractivity contribution >= 4 is 5.91 Å². The van der Waals surface area contributed by atoms with Crippen LogP contribution in [0.5, 0.6) is 0 Å². The Kier molecular flexibility index (Phi) is 2.05. The highest BCUT2D eigenvalue weighted by Crippen LogP contribution is 2.21. The lowest BCUT2D eigenvalue weighted by Crippen LogP contribution is -2.26. The van der Waals surface area contributed by atoms with Gasteiger partial charge in [-0.3, -0.25) is 4.79 Å². The lowest BCUT2D eigenvalue weighted by Gasteiger charge is -2.15. The average molecular weight is 175 g/mol. The van der Waals surface area contributed by atoms with Gasteiger partial charge < -0.3 is 5.32 Å². The van der Waals surface area contributed by atoms with E-state index >= 15 is 0 Å². The predicted octanol–water partition coefficient (Wildman–Crippen LogP) is 1.91. The maximum Gasteiger partial charge on any atom is 0.224 e. The minimum absolute atomic E-state index is 0.131. The molecular weight excluding hydrogens is 162 g/mol. The molecule has 0 radical (unpaired) electrons. The topological polar surface area (TPSA) is 29.1 Å². The van der Waals surface area contributed by atoms with Crippen molar-refractivity contribution < 1.29 is 4.79 Å². The van der Waals surface area contributed by atoms with Gasteiger partial charge in [0.2, 0.25) is 5.91 Å². The quantitative estimate of drug-likeness (QED) is 0.598. The first-order valence-electron chi connectivity index (χ1n) is 4.65. The van der Waals surface area contributed by atoms with Crippen LogP contribution < -0.4 is 5.32 Å². The summed E-state index contributed by atoms with van der Waals surface area (Å²) in [7, 11) is 0. The van der Waals surface area contributed by atoms with E-state index in [1.54, 1.807) is 0 Å². The van der Waals surface area contributed by atoms with E-state index in [2.05, 4.69) is 30.5 Å². The molecule has 2 heteroatoms. The fourth-order valence-corrected chi connectivity index (χ4v) is 1.58. The highest BCUT2D eigenvalue weighted by atomic mass is 16.1. The van der Waals surface area contributed by atoms with Crippen molar-refractivity contribution in [2.45, 2.75) is 19.8 Å². The van der Waals surface area contributed by atoms with Crippen LogP contribution in [0.1, 0.15) is 19.8 Å². The number of allylic oxidation sites excluding steroid dienone is 5. The average Bonchev–Trinajstić information content (AvgIpc) is 2.29. The highest BCUT2D eigenvalue weighted by molar-refractivity contribution is 5.80. The smallest absolute Gasteiger partial charge is 0.224 e. The molecule has 2 rings (SSSR count). The van der Waals surface area contributed by atoms with Crippen LogP contribution in [-0.2, 0) is 4.79 Å². The molecule has 1 aliphatic heterocycles. The Labute approximate surface area is 78.0 Å². The lowest BCUT2D eigenvalue weighted by molar-refractivity contribution is -0.120. The Morgan fingerprint density at radius 1 is 1.31 bits per heavy atom. The standard InChI is InChI=1S/C11H13NO/c1-8-2-4-9-5-7-11(13)12-10(9)6-3-8/h2-4,6,8H,5,7H2,1H3,(H,12,13). The summed E-state index contributed by atoms with van der Waals surface area (Å²) >= 11 is 0. The molecule has 0 saturated heterocycles. The number of hydrogen-bond acceptors (Lipinski definition) is 1. The third-order valence-electron chi connectivity index (χ3n) is 2.41. The van der Waals surface area contributed by atoms with Crippen molar-refractivity contribution in [2.75, 3.05) is 0 Å². The zero-order valence-corrected chi connectivity index (χ0v) is 7.71. The molecular formula is C11H13NO. The Morgan fingerprint density at radius 3 is 2.92 bits per heavy atom. The lowest BCUT2D eigenvalue weighted by atomic mass is 10.0. The van der Waals surface area contributed by atoms with Gasteiger partial charge in [-0.25, -0.2) is 0 Å². The van der Waals surface area contributed by atoms with E-state index in [4.69, 9.17) is 0 Å². The zero-order valence-electron chi connectivity index (χ0n) is 7.71. The molecule has 0 aromatic heterocycles. The molecule has 1 aliphatic carbocycles. The molecule has 0 bridgehead atoms. The van der Waals surface area contributed by atoms with E-state index < -0.39 is 0 Å². The Hall–Kier alpha value is -1.31. The summed E-state index contributed by atoms with van der Waals surface area (Å²) in [4.78, 5) is 11.1. The summed E-state index contributed by atoms with van der Waals surface area (Å²) in [6.45, 7) is 2.13. The van der Waals surface area contributed by atoms with Gasteiger partial charge in [0.1, 0.15) is 0 Å². The minimum Gasteiger partial charge on any atom is -0.326 e. The van der Waals surface area contributed by atoms with Gasteiger partial charge in [-0.15, -0.1) is 0 Å². The van der Waals surface area contributed by atoms with E-state index in [1.807, 2.05) is 6.08 Å². The van der Waals surface area contributed by atoms with Gasteiger partial charge in [-0.05, 0) is 24.0 Å². The molecule has 1 unspecified atom stereocenters. The third-order valence-corrected chi connectivity index (χ3v) is 2.41. The van der Waals surface area contributed by atoms with Crippen molar-refractivity contribution in [3.05, 3.63) is 35.6 Å². The van der Waals surface area contributed by atoms with Crippen LogP contribution >= 0.6 is 0 Å². The van der Waals surface area contributed by atoms with E-state index in [0.29, 0.717) is 12.3 Å². The van der Waals surface area contributed by atoms with Crippen LogP contribution in [-0.4, -0.2) is 5.91 Å². The molecule has 0 spiro atoms. The number of amides is 1. The molecule has 1 amide bonds. The van der Waals surface area contributed by atoms with Crippen LogP contribution in [0.25, 0.3) is 0 Å². The molecule has 1 atom stereocenters. The number of carbonyl (C=O) groups excluding carboxylic acids is 1. The molecule has 68 valence electrons. The fourth-order valence-electron chi connectivity index (χ4n) is 1.58. The number of rotatable bonds is 0. The van der Waals surface area contributed by atoms with E-state index in [0.717, 1.165) is 12.1 Å². The molecule has 2 aliphatic rings. The van der Waals surface area contributed by atoms with E-state index in [-0.39, 0.29) is 5.91 Å². The van der Waals surface area contributed by atoms with Crippen molar-refractivity contribution in [2.24, 2.45) is 5.92 Å². The molecule has 0 aromatic carbocycles. The molecule has 1 N–H and O–H groups in total. The molecule has 13 heavy (non-hydrogen) atoms. The molecule has 0 saturated carbocycles. The number of carbonyl (C=O) groups is 1. The molecule has 0 fully saturated rings. The summed E-state index contributed by atoms with van der Waals surface area (Å²) in [5.74, 6) is 0.592. The van der Waals surface area contributed by atoms with E-state index in [1.165, 1.54) is 5.57 Å². The van der Waals surface area contributed by atoms with Gasteiger partial charge in [-0.2, -0.15) is 0 Å². The Balaban J connectivity index is 2.31. The minimum atomic E-state index is 0.131.